The molecule has 1 unspecified atom stereocenters. The third-order valence-electron chi connectivity index (χ3n) is 7.24. The normalized spacial score (nSPS) is 19.9. The van der Waals surface area contributed by atoms with Crippen LogP contribution >= 0.6 is 0 Å². The van der Waals surface area contributed by atoms with Gasteiger partial charge in [-0.3, -0.25) is 9.69 Å². The molecule has 32 heavy (non-hydrogen) atoms. The number of hydrogen-bond donors (Lipinski definition) is 1. The number of benzene rings is 1. The highest BCUT2D eigenvalue weighted by Gasteiger charge is 2.34. The molecule has 170 valence electrons. The molecule has 3 aromatic rings. The molecule has 1 atom stereocenters. The molecule has 5 rings (SSSR count). The second-order valence-electron chi connectivity index (χ2n) is 9.40. The van der Waals surface area contributed by atoms with Crippen LogP contribution in [-0.4, -0.2) is 50.3 Å². The van der Waals surface area contributed by atoms with E-state index in [4.69, 9.17) is 4.74 Å². The van der Waals surface area contributed by atoms with E-state index in [1.54, 1.807) is 7.11 Å². The average Bonchev–Trinajstić information content (AvgIpc) is 3.30. The topological polar surface area (TPSA) is 88.9 Å². The van der Waals surface area contributed by atoms with Crippen LogP contribution < -0.4 is 10.3 Å². The van der Waals surface area contributed by atoms with Gasteiger partial charge in [-0.05, 0) is 78.7 Å². The largest absolute Gasteiger partial charge is 0.497 e. The van der Waals surface area contributed by atoms with Crippen LogP contribution in [0.15, 0.2) is 29.1 Å². The van der Waals surface area contributed by atoms with E-state index >= 15 is 0 Å². The van der Waals surface area contributed by atoms with Crippen LogP contribution in [0.5, 0.6) is 5.75 Å². The Hall–Kier alpha value is -2.74. The van der Waals surface area contributed by atoms with Gasteiger partial charge in [0.2, 0.25) is 0 Å². The molecule has 1 aliphatic heterocycles. The van der Waals surface area contributed by atoms with Crippen molar-refractivity contribution in [1.82, 2.24) is 30.1 Å². The number of ether oxygens (including phenoxy) is 1. The van der Waals surface area contributed by atoms with E-state index in [0.717, 1.165) is 61.2 Å². The smallest absolute Gasteiger partial charge is 0.253 e. The summed E-state index contributed by atoms with van der Waals surface area (Å²) < 4.78 is 7.34. The van der Waals surface area contributed by atoms with Gasteiger partial charge in [0, 0.05) is 11.6 Å². The maximum Gasteiger partial charge on any atom is 0.253 e. The van der Waals surface area contributed by atoms with Gasteiger partial charge in [-0.1, -0.05) is 26.2 Å². The van der Waals surface area contributed by atoms with Gasteiger partial charge in [-0.2, -0.15) is 0 Å². The minimum absolute atomic E-state index is 0.0902. The Kier molecular flexibility index (Phi) is 5.95. The summed E-state index contributed by atoms with van der Waals surface area (Å²) in [6, 6.07) is 7.85. The summed E-state index contributed by atoms with van der Waals surface area (Å²) in [5.41, 5.74) is 1.40. The molecule has 3 heterocycles. The molecule has 0 spiro atoms. The molecular weight excluding hydrogens is 404 g/mol. The number of aromatic amines is 1. The van der Waals surface area contributed by atoms with Crippen molar-refractivity contribution < 1.29 is 4.74 Å². The molecule has 8 heteroatoms. The molecule has 1 saturated carbocycles. The molecule has 0 radical (unpaired) electrons. The monoisotopic (exact) mass is 436 g/mol. The molecule has 2 aliphatic rings. The van der Waals surface area contributed by atoms with E-state index in [0.29, 0.717) is 17.5 Å². The predicted octanol–water partition coefficient (Wildman–Crippen LogP) is 3.85. The van der Waals surface area contributed by atoms with E-state index < -0.39 is 0 Å². The van der Waals surface area contributed by atoms with Gasteiger partial charge in [-0.25, -0.2) is 4.68 Å². The Bertz CT molecular complexity index is 1120. The zero-order valence-corrected chi connectivity index (χ0v) is 19.0. The molecule has 0 amide bonds. The first-order chi connectivity index (χ1) is 15.6. The van der Waals surface area contributed by atoms with Crippen molar-refractivity contribution in [2.45, 2.75) is 64.0 Å². The van der Waals surface area contributed by atoms with E-state index in [9.17, 15) is 4.79 Å². The van der Waals surface area contributed by atoms with Gasteiger partial charge in [-0.15, -0.1) is 5.10 Å². The zero-order valence-electron chi connectivity index (χ0n) is 19.0. The van der Waals surface area contributed by atoms with Crippen molar-refractivity contribution in [3.8, 4) is 5.75 Å². The molecule has 0 bridgehead atoms. The predicted molar refractivity (Wildman–Crippen MR) is 123 cm³/mol. The number of tetrazole rings is 1. The first-order valence-electron chi connectivity index (χ1n) is 11.9. The van der Waals surface area contributed by atoms with Crippen molar-refractivity contribution in [2.75, 3.05) is 20.2 Å². The number of nitrogens with one attached hydrogen (secondary N) is 1. The van der Waals surface area contributed by atoms with Crippen LogP contribution in [0, 0.1) is 5.92 Å². The summed E-state index contributed by atoms with van der Waals surface area (Å²) in [7, 11) is 1.63. The fourth-order valence-corrected chi connectivity index (χ4v) is 5.28. The molecule has 2 fully saturated rings. The fourth-order valence-electron chi connectivity index (χ4n) is 5.28. The number of aromatic nitrogens is 5. The summed E-state index contributed by atoms with van der Waals surface area (Å²) in [4.78, 5) is 18.8. The van der Waals surface area contributed by atoms with E-state index in [1.165, 1.54) is 19.3 Å². The molecule has 1 aromatic carbocycles. The fraction of sp³-hybridized carbons (Fsp3) is 0.583. The number of rotatable bonds is 5. The maximum absolute atomic E-state index is 13.4. The SMILES string of the molecule is COc1ccc2cc(C(c3nnnn3C3CCCCC3)N3CCC(C)CC3)c(=O)[nH]c2c1. The van der Waals surface area contributed by atoms with Crippen molar-refractivity contribution in [3.63, 3.8) is 0 Å². The minimum atomic E-state index is -0.255. The summed E-state index contributed by atoms with van der Waals surface area (Å²) >= 11 is 0. The Labute approximate surface area is 188 Å². The van der Waals surface area contributed by atoms with Crippen LogP contribution in [0.4, 0.5) is 0 Å². The van der Waals surface area contributed by atoms with Crippen molar-refractivity contribution >= 4 is 10.9 Å². The van der Waals surface area contributed by atoms with Gasteiger partial charge in [0.15, 0.2) is 5.82 Å². The number of piperidine rings is 1. The Balaban J connectivity index is 1.61. The Morgan fingerprint density at radius 3 is 2.62 bits per heavy atom. The molecule has 1 N–H and O–H groups in total. The van der Waals surface area contributed by atoms with Gasteiger partial charge in [0.1, 0.15) is 11.8 Å². The second-order valence-corrected chi connectivity index (χ2v) is 9.40. The van der Waals surface area contributed by atoms with Gasteiger partial charge in [0.25, 0.3) is 5.56 Å². The van der Waals surface area contributed by atoms with Gasteiger partial charge < -0.3 is 9.72 Å². The lowest BCUT2D eigenvalue weighted by Crippen LogP contribution is -2.40. The standard InChI is InChI=1S/C24H32N6O2/c1-16-10-12-29(13-11-16)22(23-26-27-28-30(23)18-6-4-3-5-7-18)20-14-17-8-9-19(32-2)15-21(17)25-24(20)31/h8-9,14-16,18,22H,3-7,10-13H2,1-2H3,(H,25,31). The van der Waals surface area contributed by atoms with Gasteiger partial charge >= 0.3 is 0 Å². The van der Waals surface area contributed by atoms with Crippen LogP contribution in [0.3, 0.4) is 0 Å². The number of fused-ring (bicyclic) bond motifs is 1. The third-order valence-corrected chi connectivity index (χ3v) is 7.24. The highest BCUT2D eigenvalue weighted by atomic mass is 16.5. The van der Waals surface area contributed by atoms with E-state index in [1.807, 2.05) is 28.9 Å². The van der Waals surface area contributed by atoms with Crippen LogP contribution in [0.1, 0.15) is 75.3 Å². The van der Waals surface area contributed by atoms with Crippen LogP contribution in [0.2, 0.25) is 0 Å². The molecule has 8 nitrogen and oxygen atoms in total. The van der Waals surface area contributed by atoms with Crippen molar-refractivity contribution in [1.29, 1.82) is 0 Å². The quantitative estimate of drug-likeness (QED) is 0.654. The lowest BCUT2D eigenvalue weighted by atomic mass is 9.93. The summed E-state index contributed by atoms with van der Waals surface area (Å²) in [6.45, 7) is 4.17. The minimum Gasteiger partial charge on any atom is -0.497 e. The lowest BCUT2D eigenvalue weighted by molar-refractivity contribution is 0.146. The van der Waals surface area contributed by atoms with Crippen molar-refractivity contribution in [3.05, 3.63) is 46.0 Å². The van der Waals surface area contributed by atoms with Crippen LogP contribution in [-0.2, 0) is 0 Å². The highest BCUT2D eigenvalue weighted by molar-refractivity contribution is 5.80. The van der Waals surface area contributed by atoms with Gasteiger partial charge in [0.05, 0.1) is 18.7 Å². The lowest BCUT2D eigenvalue weighted by Gasteiger charge is -2.36. The Morgan fingerprint density at radius 1 is 1.09 bits per heavy atom. The van der Waals surface area contributed by atoms with Crippen LogP contribution in [0.25, 0.3) is 10.9 Å². The third kappa shape index (κ3) is 4.03. The Morgan fingerprint density at radius 2 is 1.88 bits per heavy atom. The first-order valence-corrected chi connectivity index (χ1v) is 11.9. The first kappa shape index (κ1) is 21.1. The maximum atomic E-state index is 13.4. The number of likely N-dealkylation sites (tertiary alicyclic amines) is 1. The number of methoxy groups -OCH3 is 1. The zero-order chi connectivity index (χ0) is 22.1. The number of hydrogen-bond acceptors (Lipinski definition) is 6. The van der Waals surface area contributed by atoms with E-state index in [2.05, 4.69) is 32.3 Å². The number of pyridine rings is 1. The number of H-pyrrole nitrogens is 1. The van der Waals surface area contributed by atoms with E-state index in [-0.39, 0.29) is 11.6 Å². The summed E-state index contributed by atoms with van der Waals surface area (Å²) in [5.74, 6) is 2.22. The second kappa shape index (κ2) is 9.02. The highest BCUT2D eigenvalue weighted by Crippen LogP contribution is 2.35. The summed E-state index contributed by atoms with van der Waals surface area (Å²) in [6.07, 6.45) is 8.09. The molecule has 1 aliphatic carbocycles. The average molecular weight is 437 g/mol. The molecule has 1 saturated heterocycles. The molecule has 2 aromatic heterocycles. The van der Waals surface area contributed by atoms with Crippen molar-refractivity contribution in [2.24, 2.45) is 5.92 Å². The molecular formula is C24H32N6O2. The summed E-state index contributed by atoms with van der Waals surface area (Å²) in [5, 5.41) is 14.0. The number of nitrogens with zero attached hydrogens (tertiary/aromatic N) is 5.